The van der Waals surface area contributed by atoms with Crippen LogP contribution in [0.3, 0.4) is 0 Å². The molecular formula is C44H46FN11O4S. The van der Waals surface area contributed by atoms with E-state index in [9.17, 15) is 19.2 Å². The van der Waals surface area contributed by atoms with Gasteiger partial charge in [0.15, 0.2) is 11.2 Å². The third-order valence-corrected chi connectivity index (χ3v) is 13.5. The third kappa shape index (κ3) is 7.77. The molecular weight excluding hydrogens is 798 g/mol. The van der Waals surface area contributed by atoms with Gasteiger partial charge in [-0.1, -0.05) is 18.2 Å². The first-order valence-electron chi connectivity index (χ1n) is 21.0. The van der Waals surface area contributed by atoms with Gasteiger partial charge in [0.2, 0.25) is 5.91 Å². The molecule has 3 fully saturated rings. The van der Waals surface area contributed by atoms with Crippen molar-refractivity contribution in [2.75, 3.05) is 60.9 Å². The highest BCUT2D eigenvalue weighted by Crippen LogP contribution is 2.38. The fraction of sp³-hybridized carbons (Fsp3) is 0.386. The van der Waals surface area contributed by atoms with Gasteiger partial charge in [0.05, 0.1) is 18.6 Å². The molecule has 0 spiro atoms. The molecule has 3 saturated heterocycles. The number of thiazole rings is 1. The van der Waals surface area contributed by atoms with Crippen molar-refractivity contribution in [1.82, 2.24) is 39.5 Å². The van der Waals surface area contributed by atoms with Gasteiger partial charge in [0.25, 0.3) is 11.8 Å². The maximum Gasteiger partial charge on any atom is 0.329 e. The summed E-state index contributed by atoms with van der Waals surface area (Å²) >= 11 is 1.29. The zero-order valence-corrected chi connectivity index (χ0v) is 34.5. The Labute approximate surface area is 356 Å². The van der Waals surface area contributed by atoms with Crippen LogP contribution in [0.15, 0.2) is 72.6 Å². The van der Waals surface area contributed by atoms with Crippen LogP contribution >= 0.6 is 11.3 Å². The molecule has 1 atom stereocenters. The number of imide groups is 1. The molecule has 5 aliphatic heterocycles. The molecule has 314 valence electrons. The number of pyridine rings is 1. The van der Waals surface area contributed by atoms with Crippen LogP contribution in [0.4, 0.5) is 25.8 Å². The molecule has 2 aromatic carbocycles. The number of piperazine rings is 1. The summed E-state index contributed by atoms with van der Waals surface area (Å²) < 4.78 is 18.0. The van der Waals surface area contributed by atoms with E-state index in [1.54, 1.807) is 24.0 Å². The fourth-order valence-corrected chi connectivity index (χ4v) is 10.1. The van der Waals surface area contributed by atoms with E-state index >= 15 is 4.39 Å². The second kappa shape index (κ2) is 16.4. The summed E-state index contributed by atoms with van der Waals surface area (Å²) in [5, 5.41) is 7.39. The number of nitrogens with zero attached hydrogens (tertiary/aromatic N) is 9. The summed E-state index contributed by atoms with van der Waals surface area (Å²) in [6.07, 6.45) is 9.31. The summed E-state index contributed by atoms with van der Waals surface area (Å²) in [6, 6.07) is 14.3. The first-order valence-corrected chi connectivity index (χ1v) is 21.9. The molecule has 2 N–H and O–H groups in total. The zero-order valence-electron chi connectivity index (χ0n) is 33.6. The Morgan fingerprint density at radius 2 is 1.72 bits per heavy atom. The number of fused-ring (bicyclic) bond motifs is 2. The lowest BCUT2D eigenvalue weighted by Crippen LogP contribution is -2.53. The van der Waals surface area contributed by atoms with E-state index in [0.29, 0.717) is 34.8 Å². The van der Waals surface area contributed by atoms with Crippen LogP contribution in [0.5, 0.6) is 0 Å². The van der Waals surface area contributed by atoms with E-state index in [2.05, 4.69) is 52.4 Å². The van der Waals surface area contributed by atoms with Gasteiger partial charge < -0.3 is 14.4 Å². The molecule has 15 nitrogen and oxygen atoms in total. The van der Waals surface area contributed by atoms with Gasteiger partial charge in [0.1, 0.15) is 11.6 Å². The number of rotatable bonds is 10. The fourth-order valence-electron chi connectivity index (χ4n) is 9.53. The minimum atomic E-state index is -1.03. The van der Waals surface area contributed by atoms with Gasteiger partial charge in [-0.05, 0) is 85.8 Å². The Bertz CT molecular complexity index is 2460. The Morgan fingerprint density at radius 1 is 0.902 bits per heavy atom. The molecule has 10 rings (SSSR count). The number of anilines is 3. The minimum Gasteiger partial charge on any atom is -0.369 e. The van der Waals surface area contributed by atoms with Crippen LogP contribution in [-0.4, -0.2) is 110 Å². The Kier molecular flexibility index (Phi) is 10.5. The lowest BCUT2D eigenvalue weighted by molar-refractivity contribution is -0.121. The SMILES string of the molecule is O=C1CCN(c2ccc(CN3CCC(N4CCN(c5ccc(-c6cc(F)c7c(c6)C(=O)N(C(C(=O)Nc6nccs6)c6ncn8c6CCC8)C7)cc5)CC4)CC3)cn2)C(=O)N1. The van der Waals surface area contributed by atoms with E-state index in [1.807, 2.05) is 35.0 Å². The average Bonchev–Trinajstić information content (AvgIpc) is 4.10. The molecule has 8 heterocycles. The number of benzene rings is 2. The van der Waals surface area contributed by atoms with Crippen molar-refractivity contribution >= 4 is 51.7 Å². The first kappa shape index (κ1) is 39.1. The van der Waals surface area contributed by atoms with Gasteiger partial charge in [0, 0.05) is 98.6 Å². The van der Waals surface area contributed by atoms with E-state index in [-0.39, 0.29) is 30.0 Å². The summed E-state index contributed by atoms with van der Waals surface area (Å²) in [5.74, 6) is -0.998. The molecule has 0 bridgehead atoms. The predicted octanol–water partition coefficient (Wildman–Crippen LogP) is 5.06. The standard InChI is InChI=1S/C44H46FN11O4S/c45-35-23-30(22-33-34(35)26-56(42(33)59)40(41(58)50-43-46-12-21-61-43)39-36-2-1-13-54(36)27-48-39)29-4-6-31(7-5-29)52-17-19-53(20-18-52)32-9-14-51(15-10-32)25-28-3-8-37(47-24-28)55-16-11-38(57)49-44(55)60/h3-8,12,21-24,27,32,40H,1-2,9-11,13-20,25-26H2,(H,46,50,58)(H,49,57,60). The van der Waals surface area contributed by atoms with Crippen molar-refractivity contribution < 1.29 is 23.6 Å². The molecule has 5 aliphatic rings. The number of hydrogen-bond acceptors (Lipinski definition) is 11. The normalized spacial score (nSPS) is 19.3. The molecule has 5 aromatic rings. The van der Waals surface area contributed by atoms with Crippen molar-refractivity contribution in [3.8, 4) is 11.1 Å². The van der Waals surface area contributed by atoms with Gasteiger partial charge in [-0.3, -0.25) is 39.7 Å². The summed E-state index contributed by atoms with van der Waals surface area (Å²) in [6.45, 7) is 7.71. The third-order valence-electron chi connectivity index (χ3n) is 12.8. The largest absolute Gasteiger partial charge is 0.369 e. The van der Waals surface area contributed by atoms with Crippen molar-refractivity contribution in [1.29, 1.82) is 0 Å². The molecule has 0 aliphatic carbocycles. The van der Waals surface area contributed by atoms with Gasteiger partial charge in [-0.2, -0.15) is 0 Å². The van der Waals surface area contributed by atoms with Crippen molar-refractivity contribution in [2.45, 2.75) is 63.8 Å². The predicted molar refractivity (Wildman–Crippen MR) is 228 cm³/mol. The number of aromatic nitrogens is 4. The summed E-state index contributed by atoms with van der Waals surface area (Å²) in [5.41, 5.74) is 5.63. The number of carbonyl (C=O) groups is 4. The van der Waals surface area contributed by atoms with Crippen LogP contribution in [0, 0.1) is 5.82 Å². The topological polar surface area (TPSA) is 152 Å². The number of hydrogen-bond donors (Lipinski definition) is 2. The zero-order chi connectivity index (χ0) is 41.6. The van der Waals surface area contributed by atoms with Crippen LogP contribution in [0.2, 0.25) is 0 Å². The summed E-state index contributed by atoms with van der Waals surface area (Å²) in [7, 11) is 0. The Hall–Kier alpha value is -6.04. The number of imidazole rings is 1. The van der Waals surface area contributed by atoms with Crippen molar-refractivity contribution in [3.05, 3.63) is 107 Å². The molecule has 5 amide bonds. The lowest BCUT2D eigenvalue weighted by atomic mass is 9.99. The second-order valence-electron chi connectivity index (χ2n) is 16.4. The van der Waals surface area contributed by atoms with Crippen LogP contribution in [0.1, 0.15) is 64.6 Å². The first-order chi connectivity index (χ1) is 29.8. The quantitative estimate of drug-likeness (QED) is 0.195. The highest BCUT2D eigenvalue weighted by atomic mass is 32.1. The molecule has 3 aromatic heterocycles. The van der Waals surface area contributed by atoms with Gasteiger partial charge in [-0.25, -0.2) is 24.1 Å². The molecule has 0 radical (unpaired) electrons. The van der Waals surface area contributed by atoms with E-state index in [0.717, 1.165) is 101 Å². The number of amides is 5. The lowest BCUT2D eigenvalue weighted by Gasteiger charge is -2.43. The molecule has 61 heavy (non-hydrogen) atoms. The highest BCUT2D eigenvalue weighted by molar-refractivity contribution is 7.13. The number of halogens is 1. The van der Waals surface area contributed by atoms with Gasteiger partial charge in [-0.15, -0.1) is 11.3 Å². The highest BCUT2D eigenvalue weighted by Gasteiger charge is 2.42. The van der Waals surface area contributed by atoms with Crippen LogP contribution in [-0.2, 0) is 35.6 Å². The monoisotopic (exact) mass is 843 g/mol. The minimum absolute atomic E-state index is 0.0346. The smallest absolute Gasteiger partial charge is 0.329 e. The number of urea groups is 1. The number of carbonyl (C=O) groups excluding carboxylic acids is 4. The second-order valence-corrected chi connectivity index (χ2v) is 17.3. The average molecular weight is 844 g/mol. The van der Waals surface area contributed by atoms with Crippen LogP contribution in [0.25, 0.3) is 11.1 Å². The van der Waals surface area contributed by atoms with Gasteiger partial charge >= 0.3 is 6.03 Å². The van der Waals surface area contributed by atoms with Crippen molar-refractivity contribution in [3.63, 3.8) is 0 Å². The van der Waals surface area contributed by atoms with E-state index in [4.69, 9.17) is 0 Å². The molecule has 0 saturated carbocycles. The molecule has 1 unspecified atom stereocenters. The molecule has 17 heteroatoms. The number of aryl methyl sites for hydroxylation is 1. The summed E-state index contributed by atoms with van der Waals surface area (Å²) in [4.78, 5) is 75.4. The number of piperidine rings is 1. The van der Waals surface area contributed by atoms with E-state index in [1.165, 1.54) is 27.2 Å². The van der Waals surface area contributed by atoms with Crippen molar-refractivity contribution in [2.24, 2.45) is 0 Å². The maximum absolute atomic E-state index is 15.9. The van der Waals surface area contributed by atoms with Crippen LogP contribution < -0.4 is 20.4 Å². The maximum atomic E-state index is 15.9. The van der Waals surface area contributed by atoms with E-state index < -0.39 is 29.7 Å². The number of nitrogens with one attached hydrogen (secondary N) is 2. The number of likely N-dealkylation sites (tertiary alicyclic amines) is 1. The Balaban J connectivity index is 0.743. The Morgan fingerprint density at radius 3 is 2.46 bits per heavy atom.